The molecule has 0 spiro atoms. The first kappa shape index (κ1) is 25.6. The number of carbonyl (C=O) groups is 1. The van der Waals surface area contributed by atoms with Crippen LogP contribution >= 0.6 is 0 Å². The number of aromatic hydroxyl groups is 1. The van der Waals surface area contributed by atoms with Crippen molar-refractivity contribution in [3.05, 3.63) is 88.5 Å². The van der Waals surface area contributed by atoms with Crippen LogP contribution in [0.3, 0.4) is 0 Å². The molecular formula is C29H28FN3O4. The molecule has 1 amide bonds. The van der Waals surface area contributed by atoms with Crippen molar-refractivity contribution in [2.45, 2.75) is 19.9 Å². The predicted molar refractivity (Wildman–Crippen MR) is 138 cm³/mol. The van der Waals surface area contributed by atoms with Crippen LogP contribution in [0, 0.1) is 23.1 Å². The van der Waals surface area contributed by atoms with Gasteiger partial charge >= 0.3 is 0 Å². The van der Waals surface area contributed by atoms with Crippen molar-refractivity contribution in [2.24, 2.45) is 13.0 Å². The van der Waals surface area contributed by atoms with Crippen molar-refractivity contribution < 1.29 is 23.8 Å². The summed E-state index contributed by atoms with van der Waals surface area (Å²) in [6, 6.07) is 13.7. The number of methoxy groups -OCH3 is 2. The number of hydrogen-bond donors (Lipinski definition) is 2. The van der Waals surface area contributed by atoms with E-state index in [0.717, 1.165) is 28.0 Å². The summed E-state index contributed by atoms with van der Waals surface area (Å²) in [5.74, 6) is -1.51. The molecular weight excluding hydrogens is 473 g/mol. The lowest BCUT2D eigenvalue weighted by Crippen LogP contribution is -2.31. The monoisotopic (exact) mass is 501 g/mol. The fraction of sp³-hybridized carbons (Fsp3) is 0.241. The molecule has 1 aromatic heterocycles. The maximum atomic E-state index is 14.3. The number of hydrogen-bond acceptors (Lipinski definition) is 5. The van der Waals surface area contributed by atoms with Crippen molar-refractivity contribution in [1.82, 2.24) is 9.88 Å². The van der Waals surface area contributed by atoms with E-state index >= 15 is 0 Å². The largest absolute Gasteiger partial charge is 0.502 e. The van der Waals surface area contributed by atoms with E-state index in [1.165, 1.54) is 26.4 Å². The summed E-state index contributed by atoms with van der Waals surface area (Å²) >= 11 is 0. The Balaban J connectivity index is 1.70. The van der Waals surface area contributed by atoms with Gasteiger partial charge in [-0.2, -0.15) is 5.26 Å². The average molecular weight is 502 g/mol. The molecule has 3 aromatic rings. The molecule has 0 fully saturated rings. The first-order valence-corrected chi connectivity index (χ1v) is 11.7. The minimum atomic E-state index is -1.11. The van der Waals surface area contributed by atoms with Crippen LogP contribution in [-0.4, -0.2) is 29.8 Å². The molecule has 2 N–H and O–H groups in total. The number of nitrogens with one attached hydrogen (secondary N) is 1. The van der Waals surface area contributed by atoms with E-state index in [9.17, 15) is 19.6 Å². The van der Waals surface area contributed by atoms with Crippen molar-refractivity contribution in [2.75, 3.05) is 14.2 Å². The van der Waals surface area contributed by atoms with Crippen LogP contribution in [0.4, 0.5) is 4.39 Å². The zero-order valence-corrected chi connectivity index (χ0v) is 21.1. The topological polar surface area (TPSA) is 96.5 Å². The molecule has 1 aliphatic rings. The van der Waals surface area contributed by atoms with Crippen LogP contribution in [0.1, 0.15) is 29.3 Å². The number of amides is 1. The van der Waals surface area contributed by atoms with Gasteiger partial charge in [0.1, 0.15) is 5.82 Å². The third kappa shape index (κ3) is 4.94. The van der Waals surface area contributed by atoms with E-state index in [2.05, 4.69) is 11.4 Å². The van der Waals surface area contributed by atoms with E-state index in [1.807, 2.05) is 42.9 Å². The Hall–Kier alpha value is -4.51. The lowest BCUT2D eigenvalue weighted by Gasteiger charge is -2.14. The van der Waals surface area contributed by atoms with E-state index in [-0.39, 0.29) is 23.8 Å². The summed E-state index contributed by atoms with van der Waals surface area (Å²) in [7, 11) is 4.80. The van der Waals surface area contributed by atoms with Crippen molar-refractivity contribution in [3.63, 3.8) is 0 Å². The highest BCUT2D eigenvalue weighted by molar-refractivity contribution is 6.07. The molecule has 0 bridgehead atoms. The highest BCUT2D eigenvalue weighted by Gasteiger charge is 2.33. The van der Waals surface area contributed by atoms with E-state index < -0.39 is 17.6 Å². The summed E-state index contributed by atoms with van der Waals surface area (Å²) in [5.41, 5.74) is 5.04. The van der Waals surface area contributed by atoms with Gasteiger partial charge < -0.3 is 24.5 Å². The van der Waals surface area contributed by atoms with Gasteiger partial charge in [0.2, 0.25) is 11.7 Å². The Bertz CT molecular complexity index is 1440. The molecule has 1 unspecified atom stereocenters. The van der Waals surface area contributed by atoms with Gasteiger partial charge in [0.15, 0.2) is 17.4 Å². The number of aromatic nitrogens is 1. The molecule has 1 atom stereocenters. The summed E-state index contributed by atoms with van der Waals surface area (Å²) < 4.78 is 26.7. The second-order valence-electron chi connectivity index (χ2n) is 8.79. The second-order valence-corrected chi connectivity index (χ2v) is 8.79. The fourth-order valence-corrected chi connectivity index (χ4v) is 4.66. The Morgan fingerprint density at radius 2 is 1.89 bits per heavy atom. The van der Waals surface area contributed by atoms with E-state index in [0.29, 0.717) is 17.6 Å². The molecule has 0 radical (unpaired) electrons. The maximum absolute atomic E-state index is 14.3. The number of benzene rings is 2. The summed E-state index contributed by atoms with van der Waals surface area (Å²) in [5, 5.41) is 23.1. The number of ether oxygens (including phenoxy) is 2. The fourth-order valence-electron chi connectivity index (χ4n) is 4.66. The number of aryl methyl sites for hydroxylation is 1. The van der Waals surface area contributed by atoms with E-state index in [1.54, 1.807) is 18.2 Å². The summed E-state index contributed by atoms with van der Waals surface area (Å²) in [4.78, 5) is 13.1. The van der Waals surface area contributed by atoms with Crippen molar-refractivity contribution in [1.29, 1.82) is 5.26 Å². The number of nitriles is 1. The van der Waals surface area contributed by atoms with Gasteiger partial charge in [-0.05, 0) is 83.2 Å². The van der Waals surface area contributed by atoms with Crippen molar-refractivity contribution in [3.8, 4) is 23.3 Å². The lowest BCUT2D eigenvalue weighted by atomic mass is 9.92. The van der Waals surface area contributed by atoms with Gasteiger partial charge in [0, 0.05) is 18.9 Å². The number of phenols is 1. The Labute approximate surface area is 215 Å². The average Bonchev–Trinajstić information content (AvgIpc) is 3.42. The molecule has 0 aliphatic heterocycles. The van der Waals surface area contributed by atoms with Gasteiger partial charge in [0.05, 0.1) is 26.8 Å². The SMILES string of the molecule is COc1cc(C/C=C2/C(C)=C(C(C#N)C(=O)NCc3cccn3C)c3cc(F)ccc32)cc(OC)c1O. The van der Waals surface area contributed by atoms with Crippen LogP contribution in [0.5, 0.6) is 17.2 Å². The molecule has 190 valence electrons. The Morgan fingerprint density at radius 1 is 1.19 bits per heavy atom. The van der Waals surface area contributed by atoms with Crippen LogP contribution in [0.25, 0.3) is 11.1 Å². The quantitative estimate of drug-likeness (QED) is 0.464. The Morgan fingerprint density at radius 3 is 2.49 bits per heavy atom. The van der Waals surface area contributed by atoms with Gasteiger partial charge in [-0.25, -0.2) is 4.39 Å². The second kappa shape index (κ2) is 10.6. The zero-order valence-electron chi connectivity index (χ0n) is 21.1. The van der Waals surface area contributed by atoms with Gasteiger partial charge in [-0.3, -0.25) is 4.79 Å². The first-order valence-electron chi connectivity index (χ1n) is 11.7. The van der Waals surface area contributed by atoms with Crippen LogP contribution in [-0.2, 0) is 24.8 Å². The number of rotatable bonds is 8. The number of allylic oxidation sites excluding steroid dienone is 3. The molecule has 4 rings (SSSR count). The lowest BCUT2D eigenvalue weighted by molar-refractivity contribution is -0.122. The van der Waals surface area contributed by atoms with Crippen molar-refractivity contribution >= 4 is 17.1 Å². The molecule has 0 saturated heterocycles. The molecule has 7 nitrogen and oxygen atoms in total. The normalized spacial score (nSPS) is 14.3. The van der Waals surface area contributed by atoms with Crippen LogP contribution < -0.4 is 14.8 Å². The van der Waals surface area contributed by atoms with E-state index in [4.69, 9.17) is 9.47 Å². The zero-order chi connectivity index (χ0) is 26.7. The number of phenolic OH excluding ortho intramolecular Hbond substituents is 1. The number of nitrogens with zero attached hydrogens (tertiary/aromatic N) is 2. The number of fused-ring (bicyclic) bond motifs is 1. The molecule has 1 aliphatic carbocycles. The summed E-state index contributed by atoms with van der Waals surface area (Å²) in [6.07, 6.45) is 4.28. The highest BCUT2D eigenvalue weighted by Crippen LogP contribution is 2.45. The van der Waals surface area contributed by atoms with Gasteiger partial charge in [0.25, 0.3) is 0 Å². The molecule has 2 aromatic carbocycles. The van der Waals surface area contributed by atoms with Crippen LogP contribution in [0.2, 0.25) is 0 Å². The molecule has 0 saturated carbocycles. The minimum Gasteiger partial charge on any atom is -0.502 e. The predicted octanol–water partition coefficient (Wildman–Crippen LogP) is 4.76. The molecule has 8 heteroatoms. The maximum Gasteiger partial charge on any atom is 0.242 e. The third-order valence-electron chi connectivity index (χ3n) is 6.63. The number of halogens is 1. The molecule has 1 heterocycles. The standard InChI is InChI=1S/C29H28FN3O4/c1-17-21(9-7-18-12-25(36-3)28(34)26(13-18)37-4)22-10-8-19(30)14-23(22)27(17)24(15-31)29(35)32-16-20-6-5-11-33(20)2/h5-6,8-14,24,34H,7,16H2,1-4H3,(H,32,35)/b21-9-. The molecule has 37 heavy (non-hydrogen) atoms. The summed E-state index contributed by atoms with van der Waals surface area (Å²) in [6.45, 7) is 2.11. The van der Waals surface area contributed by atoms with Gasteiger partial charge in [-0.1, -0.05) is 12.1 Å². The van der Waals surface area contributed by atoms with Gasteiger partial charge in [-0.15, -0.1) is 0 Å². The highest BCUT2D eigenvalue weighted by atomic mass is 19.1. The first-order chi connectivity index (χ1) is 17.8. The Kier molecular flexibility index (Phi) is 7.35. The van der Waals surface area contributed by atoms with Crippen LogP contribution in [0.15, 0.2) is 60.3 Å². The third-order valence-corrected chi connectivity index (χ3v) is 6.63. The number of carbonyl (C=O) groups excluding carboxylic acids is 1. The smallest absolute Gasteiger partial charge is 0.242 e. The minimum absolute atomic E-state index is 0.0836.